The van der Waals surface area contributed by atoms with E-state index in [1.807, 2.05) is 4.90 Å². The Morgan fingerprint density at radius 3 is 2.41 bits per heavy atom. The third-order valence-electron chi connectivity index (χ3n) is 4.55. The van der Waals surface area contributed by atoms with Gasteiger partial charge in [-0.15, -0.1) is 0 Å². The summed E-state index contributed by atoms with van der Waals surface area (Å²) in [7, 11) is 0. The summed E-state index contributed by atoms with van der Waals surface area (Å²) in [5.74, 6) is -0.271. The molecule has 3 rings (SSSR count). The highest BCUT2D eigenvalue weighted by Gasteiger charge is 2.24. The Morgan fingerprint density at radius 2 is 1.72 bits per heavy atom. The Bertz CT molecular complexity index is 912. The average Bonchev–Trinajstić information content (AvgIpc) is 2.72. The van der Waals surface area contributed by atoms with Crippen molar-refractivity contribution < 1.29 is 23.2 Å². The Kier molecular flexibility index (Phi) is 6.38. The van der Waals surface area contributed by atoms with Gasteiger partial charge in [-0.1, -0.05) is 30.3 Å². The zero-order chi connectivity index (χ0) is 20.8. The van der Waals surface area contributed by atoms with Gasteiger partial charge in [0.1, 0.15) is 11.4 Å². The predicted molar refractivity (Wildman–Crippen MR) is 104 cm³/mol. The number of halogens is 2. The SMILES string of the molecule is O=C(/C=C/c1ccccc1OC(F)F)N1CCN(c2ccccc2[N+](=O)[O-])CC1. The summed E-state index contributed by atoms with van der Waals surface area (Å²) < 4.78 is 29.4. The molecule has 2 aromatic carbocycles. The van der Waals surface area contributed by atoms with Crippen molar-refractivity contribution in [2.24, 2.45) is 0 Å². The monoisotopic (exact) mass is 403 g/mol. The zero-order valence-corrected chi connectivity index (χ0v) is 15.4. The van der Waals surface area contributed by atoms with Gasteiger partial charge in [0, 0.05) is 43.9 Å². The number of ether oxygens (including phenoxy) is 1. The molecule has 2 aromatic rings. The summed E-state index contributed by atoms with van der Waals surface area (Å²) in [5, 5.41) is 11.2. The summed E-state index contributed by atoms with van der Waals surface area (Å²) >= 11 is 0. The maximum absolute atomic E-state index is 12.5. The van der Waals surface area contributed by atoms with Gasteiger partial charge >= 0.3 is 6.61 Å². The molecule has 0 atom stereocenters. The Labute approximate surface area is 165 Å². The molecule has 1 fully saturated rings. The standard InChI is InChI=1S/C20H19F2N3O4/c21-20(22)29-18-8-4-1-5-15(18)9-10-19(26)24-13-11-23(12-14-24)16-6-2-3-7-17(16)25(27)28/h1-10,20H,11-14H2/b10-9+. The van der Waals surface area contributed by atoms with Gasteiger partial charge in [-0.25, -0.2) is 0 Å². The first-order valence-corrected chi connectivity index (χ1v) is 8.95. The van der Waals surface area contributed by atoms with Gasteiger partial charge in [0.25, 0.3) is 5.69 Å². The van der Waals surface area contributed by atoms with Crippen LogP contribution >= 0.6 is 0 Å². The number of alkyl halides is 2. The maximum atomic E-state index is 12.5. The van der Waals surface area contributed by atoms with Crippen molar-refractivity contribution in [1.82, 2.24) is 4.90 Å². The van der Waals surface area contributed by atoms with Gasteiger partial charge in [-0.3, -0.25) is 14.9 Å². The smallest absolute Gasteiger partial charge is 0.387 e. The van der Waals surface area contributed by atoms with Gasteiger partial charge in [-0.05, 0) is 18.2 Å². The lowest BCUT2D eigenvalue weighted by Crippen LogP contribution is -2.48. The third-order valence-corrected chi connectivity index (χ3v) is 4.55. The second kappa shape index (κ2) is 9.13. The fraction of sp³-hybridized carbons (Fsp3) is 0.250. The van der Waals surface area contributed by atoms with E-state index in [1.165, 1.54) is 24.3 Å². The molecule has 29 heavy (non-hydrogen) atoms. The zero-order valence-electron chi connectivity index (χ0n) is 15.4. The number of anilines is 1. The van der Waals surface area contributed by atoms with Crippen LogP contribution in [0.4, 0.5) is 20.2 Å². The summed E-state index contributed by atoms with van der Waals surface area (Å²) in [6, 6.07) is 12.7. The number of benzene rings is 2. The minimum atomic E-state index is -2.95. The van der Waals surface area contributed by atoms with E-state index in [0.29, 0.717) is 37.4 Å². The van der Waals surface area contributed by atoms with Gasteiger partial charge in [-0.2, -0.15) is 8.78 Å². The predicted octanol–water partition coefficient (Wildman–Crippen LogP) is 3.56. The first-order chi connectivity index (χ1) is 14.0. The van der Waals surface area contributed by atoms with Gasteiger partial charge in [0.2, 0.25) is 5.91 Å². The van der Waals surface area contributed by atoms with Gasteiger partial charge in [0.15, 0.2) is 0 Å². The van der Waals surface area contributed by atoms with Gasteiger partial charge in [0.05, 0.1) is 4.92 Å². The number of nitro benzene ring substituents is 1. The van der Waals surface area contributed by atoms with E-state index in [1.54, 1.807) is 41.3 Å². The number of para-hydroxylation sites is 3. The van der Waals surface area contributed by atoms with E-state index < -0.39 is 11.5 Å². The lowest BCUT2D eigenvalue weighted by molar-refractivity contribution is -0.384. The summed E-state index contributed by atoms with van der Waals surface area (Å²) in [6.45, 7) is -1.25. The summed E-state index contributed by atoms with van der Waals surface area (Å²) in [4.78, 5) is 26.7. The first kappa shape index (κ1) is 20.2. The van der Waals surface area contributed by atoms with Crippen molar-refractivity contribution in [2.45, 2.75) is 6.61 Å². The molecule has 1 amide bonds. The number of nitro groups is 1. The van der Waals surface area contributed by atoms with Crippen LogP contribution in [-0.4, -0.2) is 48.5 Å². The molecule has 1 aliphatic heterocycles. The number of carbonyl (C=O) groups excluding carboxylic acids is 1. The van der Waals surface area contributed by atoms with Crippen LogP contribution in [-0.2, 0) is 4.79 Å². The summed E-state index contributed by atoms with van der Waals surface area (Å²) in [5.41, 5.74) is 0.931. The molecule has 0 radical (unpaired) electrons. The third kappa shape index (κ3) is 5.07. The minimum Gasteiger partial charge on any atom is -0.434 e. The molecule has 1 aliphatic rings. The number of piperazine rings is 1. The molecule has 0 unspecified atom stereocenters. The van der Waals surface area contributed by atoms with E-state index in [2.05, 4.69) is 4.74 Å². The van der Waals surface area contributed by atoms with Crippen LogP contribution in [0, 0.1) is 10.1 Å². The van der Waals surface area contributed by atoms with E-state index in [-0.39, 0.29) is 17.3 Å². The van der Waals surface area contributed by atoms with Crippen LogP contribution in [0.2, 0.25) is 0 Å². The largest absolute Gasteiger partial charge is 0.434 e. The molecular weight excluding hydrogens is 384 g/mol. The van der Waals surface area contributed by atoms with Crippen molar-refractivity contribution in [3.63, 3.8) is 0 Å². The lowest BCUT2D eigenvalue weighted by Gasteiger charge is -2.35. The lowest BCUT2D eigenvalue weighted by atomic mass is 10.1. The topological polar surface area (TPSA) is 75.9 Å². The van der Waals surface area contributed by atoms with Crippen molar-refractivity contribution in [3.8, 4) is 5.75 Å². The quantitative estimate of drug-likeness (QED) is 0.419. The molecular formula is C20H19F2N3O4. The molecule has 0 spiro atoms. The Hall–Kier alpha value is -3.49. The Balaban J connectivity index is 1.63. The number of carbonyl (C=O) groups is 1. The van der Waals surface area contributed by atoms with Gasteiger partial charge < -0.3 is 14.5 Å². The summed E-state index contributed by atoms with van der Waals surface area (Å²) in [6.07, 6.45) is 2.75. The molecule has 152 valence electrons. The highest BCUT2D eigenvalue weighted by Crippen LogP contribution is 2.28. The molecule has 0 saturated carbocycles. The Morgan fingerprint density at radius 1 is 1.07 bits per heavy atom. The number of rotatable bonds is 6. The average molecular weight is 403 g/mol. The van der Waals surface area contributed by atoms with Crippen LogP contribution in [0.3, 0.4) is 0 Å². The fourth-order valence-corrected chi connectivity index (χ4v) is 3.14. The molecule has 0 bridgehead atoms. The molecule has 0 aliphatic carbocycles. The number of hydrogen-bond acceptors (Lipinski definition) is 5. The van der Waals surface area contributed by atoms with E-state index in [0.717, 1.165) is 0 Å². The van der Waals surface area contributed by atoms with E-state index in [9.17, 15) is 23.7 Å². The van der Waals surface area contributed by atoms with Crippen molar-refractivity contribution in [1.29, 1.82) is 0 Å². The van der Waals surface area contributed by atoms with Crippen molar-refractivity contribution in [3.05, 3.63) is 70.3 Å². The highest BCUT2D eigenvalue weighted by molar-refractivity contribution is 5.92. The molecule has 7 nitrogen and oxygen atoms in total. The molecule has 9 heteroatoms. The fourth-order valence-electron chi connectivity index (χ4n) is 3.14. The van der Waals surface area contributed by atoms with Crippen LogP contribution in [0.5, 0.6) is 5.75 Å². The minimum absolute atomic E-state index is 0.00671. The second-order valence-electron chi connectivity index (χ2n) is 6.31. The van der Waals surface area contributed by atoms with Crippen LogP contribution in [0.25, 0.3) is 6.08 Å². The molecule has 1 heterocycles. The van der Waals surface area contributed by atoms with Crippen molar-refractivity contribution >= 4 is 23.4 Å². The van der Waals surface area contributed by atoms with Crippen LogP contribution in [0.15, 0.2) is 54.6 Å². The number of hydrogen-bond donors (Lipinski definition) is 0. The highest BCUT2D eigenvalue weighted by atomic mass is 19.3. The van der Waals surface area contributed by atoms with E-state index in [4.69, 9.17) is 0 Å². The van der Waals surface area contributed by atoms with Crippen LogP contribution in [0.1, 0.15) is 5.56 Å². The normalized spacial score (nSPS) is 14.4. The molecule has 0 aromatic heterocycles. The van der Waals surface area contributed by atoms with E-state index >= 15 is 0 Å². The van der Waals surface area contributed by atoms with Crippen LogP contribution < -0.4 is 9.64 Å². The number of amides is 1. The maximum Gasteiger partial charge on any atom is 0.387 e. The number of nitrogens with zero attached hydrogens (tertiary/aromatic N) is 3. The van der Waals surface area contributed by atoms with Crippen molar-refractivity contribution in [2.75, 3.05) is 31.1 Å². The molecule has 1 saturated heterocycles. The second-order valence-corrected chi connectivity index (χ2v) is 6.31. The molecule has 0 N–H and O–H groups in total. The first-order valence-electron chi connectivity index (χ1n) is 8.95.